The van der Waals surface area contributed by atoms with E-state index in [9.17, 15) is 4.79 Å². The van der Waals surface area contributed by atoms with Gasteiger partial charge in [0.05, 0.1) is 11.5 Å². The Kier molecular flexibility index (Phi) is 9.07. The van der Waals surface area contributed by atoms with Gasteiger partial charge in [0, 0.05) is 26.7 Å². The molecule has 0 aliphatic heterocycles. The molecule has 0 saturated heterocycles. The van der Waals surface area contributed by atoms with Crippen molar-refractivity contribution in [3.63, 3.8) is 0 Å². The van der Waals surface area contributed by atoms with E-state index in [1.807, 2.05) is 18.4 Å². The first-order chi connectivity index (χ1) is 7.75. The minimum atomic E-state index is 0. The van der Waals surface area contributed by atoms with Crippen LogP contribution in [-0.2, 0) is 4.74 Å². The van der Waals surface area contributed by atoms with Crippen LogP contribution in [0.15, 0.2) is 11.4 Å². The Labute approximate surface area is 112 Å². The van der Waals surface area contributed by atoms with Crippen molar-refractivity contribution in [1.82, 2.24) is 10.6 Å². The number of amides is 1. The first kappa shape index (κ1) is 16.4. The number of ether oxygens (including phenoxy) is 1. The number of rotatable bonds is 7. The largest absolute Gasteiger partial charge is 0.383 e. The van der Waals surface area contributed by atoms with E-state index in [1.165, 1.54) is 11.3 Å². The Bertz CT molecular complexity index is 331. The lowest BCUT2D eigenvalue weighted by atomic mass is 10.3. The van der Waals surface area contributed by atoms with E-state index < -0.39 is 0 Å². The van der Waals surface area contributed by atoms with E-state index in [4.69, 9.17) is 4.74 Å². The number of methoxy groups -OCH3 is 1. The molecule has 1 heterocycles. The van der Waals surface area contributed by atoms with Crippen LogP contribution in [0.2, 0.25) is 0 Å². The van der Waals surface area contributed by atoms with Gasteiger partial charge in [0.2, 0.25) is 0 Å². The maximum Gasteiger partial charge on any atom is 0.261 e. The van der Waals surface area contributed by atoms with E-state index >= 15 is 0 Å². The second kappa shape index (κ2) is 9.41. The number of halogens is 1. The van der Waals surface area contributed by atoms with Gasteiger partial charge in [-0.1, -0.05) is 0 Å². The van der Waals surface area contributed by atoms with Gasteiger partial charge in [0.15, 0.2) is 0 Å². The molecule has 0 aromatic carbocycles. The first-order valence-electron chi connectivity index (χ1n) is 5.27. The van der Waals surface area contributed by atoms with Gasteiger partial charge >= 0.3 is 0 Å². The lowest BCUT2D eigenvalue weighted by Gasteiger charge is -2.05. The second-order valence-corrected chi connectivity index (χ2v) is 4.35. The third-order valence-corrected chi connectivity index (χ3v) is 3.15. The molecule has 1 amide bonds. The number of nitrogens with one attached hydrogen (secondary N) is 2. The molecule has 0 radical (unpaired) electrons. The molecule has 1 aromatic rings. The smallest absolute Gasteiger partial charge is 0.261 e. The van der Waals surface area contributed by atoms with E-state index in [0.717, 1.165) is 23.5 Å². The molecule has 0 fully saturated rings. The average Bonchev–Trinajstić information content (AvgIpc) is 2.69. The fraction of sp³-hybridized carbons (Fsp3) is 0.545. The average molecular weight is 279 g/mol. The molecule has 0 bridgehead atoms. The summed E-state index contributed by atoms with van der Waals surface area (Å²) < 4.78 is 4.90. The van der Waals surface area contributed by atoms with Crippen LogP contribution in [-0.4, -0.2) is 39.3 Å². The predicted octanol–water partition coefficient (Wildman–Crippen LogP) is 1.44. The van der Waals surface area contributed by atoms with Crippen molar-refractivity contribution in [2.75, 3.05) is 33.4 Å². The molecule has 6 heteroatoms. The molecule has 2 N–H and O–H groups in total. The maximum atomic E-state index is 11.7. The minimum Gasteiger partial charge on any atom is -0.383 e. The standard InChI is InChI=1S/C11H18N2O2S.ClH/c1-9-3-8-16-10(9)11(14)13-5-4-12-6-7-15-2;/h3,8,12H,4-7H2,1-2H3,(H,13,14);1H. The van der Waals surface area contributed by atoms with Crippen molar-refractivity contribution in [2.24, 2.45) is 0 Å². The summed E-state index contributed by atoms with van der Waals surface area (Å²) >= 11 is 1.48. The number of carbonyl (C=O) groups is 1. The van der Waals surface area contributed by atoms with E-state index in [1.54, 1.807) is 7.11 Å². The van der Waals surface area contributed by atoms with Gasteiger partial charge in [-0.3, -0.25) is 4.79 Å². The molecule has 0 unspecified atom stereocenters. The van der Waals surface area contributed by atoms with Crippen LogP contribution in [0.4, 0.5) is 0 Å². The van der Waals surface area contributed by atoms with Crippen LogP contribution < -0.4 is 10.6 Å². The summed E-state index contributed by atoms with van der Waals surface area (Å²) in [5.74, 6) is 0.0149. The Morgan fingerprint density at radius 1 is 1.41 bits per heavy atom. The zero-order chi connectivity index (χ0) is 11.8. The third-order valence-electron chi connectivity index (χ3n) is 2.14. The van der Waals surface area contributed by atoms with Gasteiger partial charge < -0.3 is 15.4 Å². The molecule has 98 valence electrons. The zero-order valence-electron chi connectivity index (χ0n) is 10.1. The van der Waals surface area contributed by atoms with E-state index in [0.29, 0.717) is 13.2 Å². The summed E-state index contributed by atoms with van der Waals surface area (Å²) in [5, 5.41) is 7.97. The number of hydrogen-bond donors (Lipinski definition) is 2. The van der Waals surface area contributed by atoms with Gasteiger partial charge in [-0.2, -0.15) is 0 Å². The molecule has 1 rings (SSSR count). The van der Waals surface area contributed by atoms with Crippen molar-refractivity contribution >= 4 is 29.7 Å². The Morgan fingerprint density at radius 3 is 2.76 bits per heavy atom. The van der Waals surface area contributed by atoms with E-state index in [-0.39, 0.29) is 18.3 Å². The molecule has 0 aliphatic carbocycles. The van der Waals surface area contributed by atoms with Crippen molar-refractivity contribution in [1.29, 1.82) is 0 Å². The summed E-state index contributed by atoms with van der Waals surface area (Å²) in [7, 11) is 1.67. The van der Waals surface area contributed by atoms with Gasteiger partial charge in [0.1, 0.15) is 0 Å². The fourth-order valence-electron chi connectivity index (χ4n) is 1.25. The minimum absolute atomic E-state index is 0. The first-order valence-corrected chi connectivity index (χ1v) is 6.15. The monoisotopic (exact) mass is 278 g/mol. The number of carbonyl (C=O) groups excluding carboxylic acids is 1. The predicted molar refractivity (Wildman–Crippen MR) is 73.4 cm³/mol. The van der Waals surface area contributed by atoms with Crippen LogP contribution in [0.25, 0.3) is 0 Å². The molecule has 1 aromatic heterocycles. The molecule has 17 heavy (non-hydrogen) atoms. The summed E-state index contributed by atoms with van der Waals surface area (Å²) in [4.78, 5) is 12.5. The highest BCUT2D eigenvalue weighted by Gasteiger charge is 2.08. The second-order valence-electron chi connectivity index (χ2n) is 3.43. The van der Waals surface area contributed by atoms with Gasteiger partial charge in [-0.25, -0.2) is 0 Å². The molecular formula is C11H19ClN2O2S. The quantitative estimate of drug-likeness (QED) is 0.742. The number of thiophene rings is 1. The Hall–Kier alpha value is -0.620. The summed E-state index contributed by atoms with van der Waals surface area (Å²) in [6, 6.07) is 1.95. The summed E-state index contributed by atoms with van der Waals surface area (Å²) in [6.45, 7) is 4.85. The van der Waals surface area contributed by atoms with Crippen LogP contribution in [0.5, 0.6) is 0 Å². The Balaban J connectivity index is 0.00000256. The third kappa shape index (κ3) is 6.02. The van der Waals surface area contributed by atoms with Gasteiger partial charge in [0.25, 0.3) is 5.91 Å². The van der Waals surface area contributed by atoms with Gasteiger partial charge in [-0.05, 0) is 23.9 Å². The lowest BCUT2D eigenvalue weighted by Crippen LogP contribution is -2.32. The molecular weight excluding hydrogens is 260 g/mol. The normalized spacial score (nSPS) is 9.76. The number of hydrogen-bond acceptors (Lipinski definition) is 4. The SMILES string of the molecule is COCCNCCNC(=O)c1sccc1C.Cl. The van der Waals surface area contributed by atoms with Crippen molar-refractivity contribution in [2.45, 2.75) is 6.92 Å². The zero-order valence-corrected chi connectivity index (χ0v) is 11.7. The van der Waals surface area contributed by atoms with Gasteiger partial charge in [-0.15, -0.1) is 23.7 Å². The molecule has 0 atom stereocenters. The highest BCUT2D eigenvalue weighted by molar-refractivity contribution is 7.12. The van der Waals surface area contributed by atoms with Crippen LogP contribution >= 0.6 is 23.7 Å². The van der Waals surface area contributed by atoms with Crippen LogP contribution in [0.1, 0.15) is 15.2 Å². The lowest BCUT2D eigenvalue weighted by molar-refractivity contribution is 0.0957. The maximum absolute atomic E-state index is 11.7. The molecule has 0 spiro atoms. The van der Waals surface area contributed by atoms with Crippen LogP contribution in [0.3, 0.4) is 0 Å². The summed E-state index contributed by atoms with van der Waals surface area (Å²) in [5.41, 5.74) is 1.04. The number of aryl methyl sites for hydroxylation is 1. The van der Waals surface area contributed by atoms with Crippen molar-refractivity contribution in [3.05, 3.63) is 21.9 Å². The van der Waals surface area contributed by atoms with Crippen LogP contribution in [0, 0.1) is 6.92 Å². The van der Waals surface area contributed by atoms with Crippen molar-refractivity contribution < 1.29 is 9.53 Å². The highest BCUT2D eigenvalue weighted by Crippen LogP contribution is 2.14. The van der Waals surface area contributed by atoms with Crippen molar-refractivity contribution in [3.8, 4) is 0 Å². The molecule has 0 aliphatic rings. The Morgan fingerprint density at radius 2 is 2.18 bits per heavy atom. The topological polar surface area (TPSA) is 50.4 Å². The van der Waals surface area contributed by atoms with E-state index in [2.05, 4.69) is 10.6 Å². The fourth-order valence-corrected chi connectivity index (χ4v) is 2.09. The molecule has 4 nitrogen and oxygen atoms in total. The highest BCUT2D eigenvalue weighted by atomic mass is 35.5. The molecule has 0 saturated carbocycles. The summed E-state index contributed by atoms with van der Waals surface area (Å²) in [6.07, 6.45) is 0.